The van der Waals surface area contributed by atoms with Gasteiger partial charge in [-0.2, -0.15) is 0 Å². The van der Waals surface area contributed by atoms with Crippen molar-refractivity contribution in [2.24, 2.45) is 5.92 Å². The molecule has 0 saturated heterocycles. The Balaban J connectivity index is 3.12. The number of anilines is 2. The molecule has 1 heterocycles. The Labute approximate surface area is 106 Å². The quantitative estimate of drug-likeness (QED) is 0.794. The largest absolute Gasteiger partial charge is 0.387 e. The van der Waals surface area contributed by atoms with Crippen molar-refractivity contribution in [2.75, 3.05) is 18.1 Å². The van der Waals surface area contributed by atoms with Gasteiger partial charge in [-0.1, -0.05) is 19.9 Å². The van der Waals surface area contributed by atoms with E-state index in [1.54, 1.807) is 13.2 Å². The van der Waals surface area contributed by atoms with Gasteiger partial charge >= 0.3 is 0 Å². The predicted octanol–water partition coefficient (Wildman–Crippen LogP) is 3.27. The number of alkyl halides is 2. The fraction of sp³-hybridized carbons (Fsp3) is 0.462. The van der Waals surface area contributed by atoms with Crippen LogP contribution >= 0.6 is 0 Å². The summed E-state index contributed by atoms with van der Waals surface area (Å²) in [5.41, 5.74) is 7.42. The fourth-order valence-electron chi connectivity index (χ4n) is 1.78. The minimum Gasteiger partial charge on any atom is -0.387 e. The van der Waals surface area contributed by atoms with E-state index in [0.717, 1.165) is 17.3 Å². The van der Waals surface area contributed by atoms with E-state index in [2.05, 4.69) is 10.3 Å². The van der Waals surface area contributed by atoms with E-state index >= 15 is 0 Å². The summed E-state index contributed by atoms with van der Waals surface area (Å²) in [6, 6.07) is 1.85. The Kier molecular flexibility index (Phi) is 5.07. The number of nitrogens with zero attached hydrogens (tertiary/aromatic N) is 1. The lowest BCUT2D eigenvalue weighted by molar-refractivity contribution is 0.203. The molecule has 0 bridgehead atoms. The molecular formula is C13H19F2N3. The zero-order valence-corrected chi connectivity index (χ0v) is 10.8. The van der Waals surface area contributed by atoms with Crippen LogP contribution in [0.15, 0.2) is 24.4 Å². The van der Waals surface area contributed by atoms with Crippen LogP contribution in [0.25, 0.3) is 0 Å². The van der Waals surface area contributed by atoms with Crippen LogP contribution in [0.3, 0.4) is 0 Å². The number of aromatic nitrogens is 1. The van der Waals surface area contributed by atoms with E-state index in [9.17, 15) is 8.78 Å². The van der Waals surface area contributed by atoms with Gasteiger partial charge in [-0.25, -0.2) is 13.8 Å². The number of hydrogen-bond acceptors (Lipinski definition) is 3. The number of pyridine rings is 1. The van der Waals surface area contributed by atoms with Gasteiger partial charge < -0.3 is 11.1 Å². The lowest BCUT2D eigenvalue weighted by Gasteiger charge is -2.19. The summed E-state index contributed by atoms with van der Waals surface area (Å²) in [7, 11) is 1.77. The lowest BCUT2D eigenvalue weighted by Crippen LogP contribution is -2.09. The molecule has 0 aliphatic carbocycles. The molecule has 100 valence electrons. The average molecular weight is 255 g/mol. The van der Waals surface area contributed by atoms with Crippen LogP contribution in [0.5, 0.6) is 0 Å². The van der Waals surface area contributed by atoms with Crippen molar-refractivity contribution >= 4 is 11.5 Å². The van der Waals surface area contributed by atoms with E-state index in [1.165, 1.54) is 6.08 Å². The van der Waals surface area contributed by atoms with Gasteiger partial charge in [0.15, 0.2) is 0 Å². The van der Waals surface area contributed by atoms with Gasteiger partial charge in [-0.15, -0.1) is 0 Å². The second kappa shape index (κ2) is 6.33. The van der Waals surface area contributed by atoms with Crippen molar-refractivity contribution in [3.05, 3.63) is 30.0 Å². The molecule has 0 aliphatic rings. The summed E-state index contributed by atoms with van der Waals surface area (Å²) in [5, 5.41) is 2.96. The van der Waals surface area contributed by atoms with E-state index < -0.39 is 6.43 Å². The minimum absolute atomic E-state index is 0.163. The van der Waals surface area contributed by atoms with Gasteiger partial charge in [0.25, 0.3) is 6.43 Å². The van der Waals surface area contributed by atoms with Gasteiger partial charge in [0.05, 0.1) is 11.9 Å². The van der Waals surface area contributed by atoms with E-state index in [0.29, 0.717) is 5.82 Å². The van der Waals surface area contributed by atoms with Crippen molar-refractivity contribution in [3.63, 3.8) is 0 Å². The Morgan fingerprint density at radius 2 is 2.00 bits per heavy atom. The van der Waals surface area contributed by atoms with Crippen LogP contribution in [0.4, 0.5) is 20.3 Å². The summed E-state index contributed by atoms with van der Waals surface area (Å²) >= 11 is 0. The molecule has 0 amide bonds. The molecule has 0 aromatic carbocycles. The van der Waals surface area contributed by atoms with Gasteiger partial charge in [0, 0.05) is 18.5 Å². The third-order valence-electron chi connectivity index (χ3n) is 2.78. The number of rotatable bonds is 5. The number of hydrogen-bond donors (Lipinski definition) is 2. The predicted molar refractivity (Wildman–Crippen MR) is 70.9 cm³/mol. The standard InChI is InChI=1S/C13H19F2N3/c1-8(2)10(4-5-12(14)15)11-6-9(17-3)7-18-13(11)16/h4-8,10,12,17H,1-3H3,(H2,16,18)/b5-4+. The van der Waals surface area contributed by atoms with Crippen molar-refractivity contribution < 1.29 is 8.78 Å². The molecule has 3 nitrogen and oxygen atoms in total. The van der Waals surface area contributed by atoms with Crippen molar-refractivity contribution in [2.45, 2.75) is 26.2 Å². The molecule has 18 heavy (non-hydrogen) atoms. The first-order chi connectivity index (χ1) is 8.45. The molecule has 1 rings (SSSR count). The van der Waals surface area contributed by atoms with Crippen molar-refractivity contribution in [3.8, 4) is 0 Å². The summed E-state index contributed by atoms with van der Waals surface area (Å²) < 4.78 is 24.5. The van der Waals surface area contributed by atoms with Gasteiger partial charge in [-0.3, -0.25) is 0 Å². The number of nitrogen functional groups attached to an aromatic ring is 1. The van der Waals surface area contributed by atoms with E-state index in [1.807, 2.05) is 19.9 Å². The number of allylic oxidation sites excluding steroid dienone is 2. The highest BCUT2D eigenvalue weighted by Crippen LogP contribution is 2.31. The zero-order chi connectivity index (χ0) is 13.7. The highest BCUT2D eigenvalue weighted by Gasteiger charge is 2.17. The molecular weight excluding hydrogens is 236 g/mol. The molecule has 0 spiro atoms. The van der Waals surface area contributed by atoms with Crippen LogP contribution < -0.4 is 11.1 Å². The van der Waals surface area contributed by atoms with Crippen LogP contribution in [0, 0.1) is 5.92 Å². The molecule has 1 aromatic rings. The number of halogens is 2. The monoisotopic (exact) mass is 255 g/mol. The molecule has 0 fully saturated rings. The molecule has 1 atom stereocenters. The Hall–Kier alpha value is -1.65. The summed E-state index contributed by atoms with van der Waals surface area (Å²) in [6.07, 6.45) is 1.57. The fourth-order valence-corrected chi connectivity index (χ4v) is 1.78. The first-order valence-corrected chi connectivity index (χ1v) is 5.85. The molecule has 5 heteroatoms. The van der Waals surface area contributed by atoms with Crippen LogP contribution in [-0.2, 0) is 0 Å². The van der Waals surface area contributed by atoms with Crippen LogP contribution in [0.1, 0.15) is 25.3 Å². The molecule has 1 aromatic heterocycles. The Morgan fingerprint density at radius 1 is 1.33 bits per heavy atom. The smallest absolute Gasteiger partial charge is 0.257 e. The van der Waals surface area contributed by atoms with Gasteiger partial charge in [-0.05, 0) is 18.1 Å². The summed E-state index contributed by atoms with van der Waals surface area (Å²) in [6.45, 7) is 3.93. The molecule has 0 aliphatic heterocycles. The zero-order valence-electron chi connectivity index (χ0n) is 10.8. The van der Waals surface area contributed by atoms with Crippen molar-refractivity contribution in [1.82, 2.24) is 4.98 Å². The van der Waals surface area contributed by atoms with Gasteiger partial charge in [0.2, 0.25) is 0 Å². The first-order valence-electron chi connectivity index (χ1n) is 5.85. The number of nitrogens with two attached hydrogens (primary N) is 1. The maximum Gasteiger partial charge on any atom is 0.257 e. The van der Waals surface area contributed by atoms with E-state index in [-0.39, 0.29) is 11.8 Å². The second-order valence-electron chi connectivity index (χ2n) is 4.44. The maximum atomic E-state index is 12.3. The van der Waals surface area contributed by atoms with E-state index in [4.69, 9.17) is 5.73 Å². The molecule has 1 unspecified atom stereocenters. The molecule has 0 radical (unpaired) electrons. The topological polar surface area (TPSA) is 50.9 Å². The third-order valence-corrected chi connectivity index (χ3v) is 2.78. The third kappa shape index (κ3) is 3.68. The Bertz CT molecular complexity index is 417. The Morgan fingerprint density at radius 3 is 2.50 bits per heavy atom. The summed E-state index contributed by atoms with van der Waals surface area (Å²) in [4.78, 5) is 4.07. The second-order valence-corrected chi connectivity index (χ2v) is 4.44. The molecule has 0 saturated carbocycles. The molecule has 3 N–H and O–H groups in total. The first kappa shape index (κ1) is 14.4. The minimum atomic E-state index is -2.45. The highest BCUT2D eigenvalue weighted by molar-refractivity contribution is 5.53. The SMILES string of the molecule is CNc1cnc(N)c(C(/C=C/C(F)F)C(C)C)c1. The average Bonchev–Trinajstić information content (AvgIpc) is 2.30. The van der Waals surface area contributed by atoms with Crippen LogP contribution in [-0.4, -0.2) is 18.5 Å². The van der Waals surface area contributed by atoms with Crippen LogP contribution in [0.2, 0.25) is 0 Å². The van der Waals surface area contributed by atoms with Crippen molar-refractivity contribution in [1.29, 1.82) is 0 Å². The highest BCUT2D eigenvalue weighted by atomic mass is 19.3. The van der Waals surface area contributed by atoms with Gasteiger partial charge in [0.1, 0.15) is 5.82 Å². The maximum absolute atomic E-state index is 12.3. The normalized spacial score (nSPS) is 13.5. The number of nitrogens with one attached hydrogen (secondary N) is 1. The lowest BCUT2D eigenvalue weighted by atomic mass is 9.88. The summed E-state index contributed by atoms with van der Waals surface area (Å²) in [5.74, 6) is 0.377.